The first-order valence-electron chi connectivity index (χ1n) is 4.89. The number of aromatic nitrogens is 1. The van der Waals surface area contributed by atoms with E-state index >= 15 is 0 Å². The largest absolute Gasteiger partial charge is 0.256 e. The van der Waals surface area contributed by atoms with Gasteiger partial charge in [-0.05, 0) is 17.5 Å². The first kappa shape index (κ1) is 9.88. The average molecular weight is 248 g/mol. The topological polar surface area (TPSA) is 12.9 Å². The van der Waals surface area contributed by atoms with Gasteiger partial charge in [0.1, 0.15) is 0 Å². The second-order valence-corrected chi connectivity index (χ2v) is 4.39. The zero-order valence-corrected chi connectivity index (χ0v) is 9.76. The van der Waals surface area contributed by atoms with Gasteiger partial charge in [-0.2, -0.15) is 0 Å². The summed E-state index contributed by atoms with van der Waals surface area (Å²) in [5.74, 6) is 0. The SMILES string of the molecule is Clc1ccc2ncc3ccccc3c2c1Cl. The fourth-order valence-corrected chi connectivity index (χ4v) is 2.30. The quantitative estimate of drug-likeness (QED) is 0.525. The standard InChI is InChI=1S/C13H7Cl2N/c14-10-5-6-11-12(13(10)15)9-4-2-1-3-8(9)7-16-11/h1-7H. The Hall–Kier alpha value is -1.31. The molecule has 0 aliphatic rings. The van der Waals surface area contributed by atoms with E-state index < -0.39 is 0 Å². The summed E-state index contributed by atoms with van der Waals surface area (Å²) in [6.07, 6.45) is 1.85. The van der Waals surface area contributed by atoms with Gasteiger partial charge in [-0.15, -0.1) is 0 Å². The molecule has 0 fully saturated rings. The van der Waals surface area contributed by atoms with Gasteiger partial charge in [0.2, 0.25) is 0 Å². The van der Waals surface area contributed by atoms with Gasteiger partial charge >= 0.3 is 0 Å². The van der Waals surface area contributed by atoms with Crippen molar-refractivity contribution in [1.82, 2.24) is 4.98 Å². The van der Waals surface area contributed by atoms with Gasteiger partial charge in [0.15, 0.2) is 0 Å². The summed E-state index contributed by atoms with van der Waals surface area (Å²) in [6.45, 7) is 0. The molecule has 0 bridgehead atoms. The van der Waals surface area contributed by atoms with Crippen molar-refractivity contribution in [2.45, 2.75) is 0 Å². The third-order valence-corrected chi connectivity index (χ3v) is 3.45. The number of nitrogens with zero attached hydrogens (tertiary/aromatic N) is 1. The van der Waals surface area contributed by atoms with E-state index in [-0.39, 0.29) is 0 Å². The van der Waals surface area contributed by atoms with Crippen molar-refractivity contribution in [2.75, 3.05) is 0 Å². The van der Waals surface area contributed by atoms with Crippen LogP contribution in [-0.4, -0.2) is 4.98 Å². The van der Waals surface area contributed by atoms with Crippen LogP contribution in [0.1, 0.15) is 0 Å². The van der Waals surface area contributed by atoms with Crippen molar-refractivity contribution < 1.29 is 0 Å². The van der Waals surface area contributed by atoms with Crippen molar-refractivity contribution in [3.05, 3.63) is 52.6 Å². The molecule has 1 aromatic heterocycles. The van der Waals surface area contributed by atoms with Crippen LogP contribution in [0, 0.1) is 0 Å². The molecular formula is C13H7Cl2N. The monoisotopic (exact) mass is 247 g/mol. The molecule has 0 aliphatic carbocycles. The fourth-order valence-electron chi connectivity index (χ4n) is 1.88. The van der Waals surface area contributed by atoms with Crippen molar-refractivity contribution in [2.24, 2.45) is 0 Å². The Morgan fingerprint density at radius 2 is 1.75 bits per heavy atom. The molecule has 3 aromatic rings. The lowest BCUT2D eigenvalue weighted by Gasteiger charge is -2.05. The highest BCUT2D eigenvalue weighted by Gasteiger charge is 2.08. The predicted octanol–water partition coefficient (Wildman–Crippen LogP) is 4.69. The third-order valence-electron chi connectivity index (χ3n) is 2.65. The third kappa shape index (κ3) is 1.36. The minimum absolute atomic E-state index is 0.562. The molecule has 0 spiro atoms. The summed E-state index contributed by atoms with van der Waals surface area (Å²) in [5.41, 5.74) is 0.869. The van der Waals surface area contributed by atoms with Gasteiger partial charge in [0.25, 0.3) is 0 Å². The molecule has 16 heavy (non-hydrogen) atoms. The number of rotatable bonds is 0. The molecule has 0 aliphatic heterocycles. The van der Waals surface area contributed by atoms with Crippen molar-refractivity contribution >= 4 is 44.9 Å². The lowest BCUT2D eigenvalue weighted by Crippen LogP contribution is -1.83. The van der Waals surface area contributed by atoms with E-state index in [0.29, 0.717) is 10.0 Å². The maximum absolute atomic E-state index is 6.23. The van der Waals surface area contributed by atoms with E-state index in [1.807, 2.05) is 36.5 Å². The van der Waals surface area contributed by atoms with Gasteiger partial charge in [0.05, 0.1) is 15.6 Å². The lowest BCUT2D eigenvalue weighted by molar-refractivity contribution is 1.44. The average Bonchev–Trinajstić information content (AvgIpc) is 2.33. The lowest BCUT2D eigenvalue weighted by atomic mass is 10.1. The van der Waals surface area contributed by atoms with Crippen LogP contribution in [0.4, 0.5) is 0 Å². The van der Waals surface area contributed by atoms with Crippen LogP contribution < -0.4 is 0 Å². The van der Waals surface area contributed by atoms with Gasteiger partial charge in [0, 0.05) is 17.0 Å². The van der Waals surface area contributed by atoms with Crippen molar-refractivity contribution in [3.8, 4) is 0 Å². The molecule has 2 aromatic carbocycles. The molecule has 0 amide bonds. The number of fused-ring (bicyclic) bond motifs is 3. The normalized spacial score (nSPS) is 11.1. The first-order valence-corrected chi connectivity index (χ1v) is 5.64. The summed E-state index contributed by atoms with van der Waals surface area (Å²) in [5, 5.41) is 4.21. The highest BCUT2D eigenvalue weighted by molar-refractivity contribution is 6.46. The molecule has 0 saturated heterocycles. The predicted molar refractivity (Wildman–Crippen MR) is 69.3 cm³/mol. The molecule has 3 rings (SSSR count). The maximum atomic E-state index is 6.23. The maximum Gasteiger partial charge on any atom is 0.0724 e. The summed E-state index contributed by atoms with van der Waals surface area (Å²) in [4.78, 5) is 4.37. The van der Waals surface area contributed by atoms with E-state index in [2.05, 4.69) is 4.98 Å². The Morgan fingerprint density at radius 3 is 2.62 bits per heavy atom. The van der Waals surface area contributed by atoms with Gasteiger partial charge < -0.3 is 0 Å². The van der Waals surface area contributed by atoms with E-state index in [4.69, 9.17) is 23.2 Å². The number of halogens is 2. The fraction of sp³-hybridized carbons (Fsp3) is 0. The van der Waals surface area contributed by atoms with E-state index in [9.17, 15) is 0 Å². The van der Waals surface area contributed by atoms with Crippen LogP contribution in [0.2, 0.25) is 10.0 Å². The molecule has 0 radical (unpaired) electrons. The Kier molecular flexibility index (Phi) is 2.23. The zero-order valence-electron chi connectivity index (χ0n) is 8.24. The molecular weight excluding hydrogens is 241 g/mol. The first-order chi connectivity index (χ1) is 7.77. The summed E-state index contributed by atoms with van der Waals surface area (Å²) in [6, 6.07) is 11.7. The minimum atomic E-state index is 0.562. The molecule has 0 unspecified atom stereocenters. The number of pyridine rings is 1. The summed E-state index contributed by atoms with van der Waals surface area (Å²) < 4.78 is 0. The highest BCUT2D eigenvalue weighted by atomic mass is 35.5. The van der Waals surface area contributed by atoms with Gasteiger partial charge in [-0.3, -0.25) is 4.98 Å². The second kappa shape index (κ2) is 3.62. The Labute approximate surface area is 103 Å². The van der Waals surface area contributed by atoms with Crippen LogP contribution in [-0.2, 0) is 0 Å². The smallest absolute Gasteiger partial charge is 0.0724 e. The molecule has 0 N–H and O–H groups in total. The minimum Gasteiger partial charge on any atom is -0.256 e. The van der Waals surface area contributed by atoms with E-state index in [0.717, 1.165) is 21.7 Å². The van der Waals surface area contributed by atoms with Crippen LogP contribution >= 0.6 is 23.2 Å². The van der Waals surface area contributed by atoms with E-state index in [1.165, 1.54) is 0 Å². The summed E-state index contributed by atoms with van der Waals surface area (Å²) >= 11 is 12.3. The molecule has 78 valence electrons. The number of hydrogen-bond donors (Lipinski definition) is 0. The molecule has 0 saturated carbocycles. The molecule has 0 atom stereocenters. The Bertz CT molecular complexity index is 692. The highest BCUT2D eigenvalue weighted by Crippen LogP contribution is 2.34. The van der Waals surface area contributed by atoms with E-state index in [1.54, 1.807) is 6.07 Å². The van der Waals surface area contributed by atoms with Crippen molar-refractivity contribution in [3.63, 3.8) is 0 Å². The molecule has 1 heterocycles. The van der Waals surface area contributed by atoms with Crippen LogP contribution in [0.5, 0.6) is 0 Å². The Morgan fingerprint density at radius 1 is 0.938 bits per heavy atom. The zero-order chi connectivity index (χ0) is 11.1. The molecule has 1 nitrogen and oxygen atoms in total. The van der Waals surface area contributed by atoms with Crippen LogP contribution in [0.15, 0.2) is 42.6 Å². The number of benzene rings is 2. The Balaban J connectivity index is 2.63. The van der Waals surface area contributed by atoms with Crippen LogP contribution in [0.25, 0.3) is 21.7 Å². The van der Waals surface area contributed by atoms with Crippen molar-refractivity contribution in [1.29, 1.82) is 0 Å². The van der Waals surface area contributed by atoms with Gasteiger partial charge in [-0.25, -0.2) is 0 Å². The molecule has 3 heteroatoms. The number of hydrogen-bond acceptors (Lipinski definition) is 1. The van der Waals surface area contributed by atoms with Crippen LogP contribution in [0.3, 0.4) is 0 Å². The summed E-state index contributed by atoms with van der Waals surface area (Å²) in [7, 11) is 0. The van der Waals surface area contributed by atoms with Gasteiger partial charge in [-0.1, -0.05) is 47.5 Å². The second-order valence-electron chi connectivity index (χ2n) is 3.60.